The fourth-order valence-electron chi connectivity index (χ4n) is 2.89. The van der Waals surface area contributed by atoms with Crippen molar-refractivity contribution in [2.45, 2.75) is 39.5 Å². The van der Waals surface area contributed by atoms with Crippen molar-refractivity contribution in [2.24, 2.45) is 5.92 Å². The number of carbonyl (C=O) groups excluding carboxylic acids is 2. The van der Waals surface area contributed by atoms with Crippen LogP contribution in [0.15, 0.2) is 22.8 Å². The molecule has 1 amide bonds. The average molecular weight is 347 g/mol. The van der Waals surface area contributed by atoms with Gasteiger partial charge in [0, 0.05) is 4.88 Å². The van der Waals surface area contributed by atoms with Crippen LogP contribution in [0.25, 0.3) is 0 Å². The molecular weight excluding hydrogens is 326 g/mol. The summed E-state index contributed by atoms with van der Waals surface area (Å²) >= 11 is 1.48. The van der Waals surface area contributed by atoms with E-state index in [2.05, 4.69) is 12.2 Å². The number of fused-ring (bicyclic) bond motifs is 1. The maximum atomic E-state index is 12.5. The molecule has 0 aromatic carbocycles. The molecule has 128 valence electrons. The number of nitrogens with one attached hydrogen (secondary N) is 1. The smallest absolute Gasteiger partial charge is 0.341 e. The molecule has 1 aliphatic carbocycles. The van der Waals surface area contributed by atoms with Crippen LogP contribution in [0.3, 0.4) is 0 Å². The highest BCUT2D eigenvalue weighted by Crippen LogP contribution is 2.40. The SMILES string of the molecule is CCCOC(=O)c1c(NC(=O)c2ccco2)sc2c1CC[C@H](C)C2. The molecule has 0 spiro atoms. The Morgan fingerprint density at radius 3 is 3.00 bits per heavy atom. The number of ether oxygens (including phenoxy) is 1. The number of hydrogen-bond donors (Lipinski definition) is 1. The number of furan rings is 1. The van der Waals surface area contributed by atoms with Gasteiger partial charge >= 0.3 is 5.97 Å². The third-order valence-corrected chi connectivity index (χ3v) is 5.29. The van der Waals surface area contributed by atoms with E-state index in [1.807, 2.05) is 6.92 Å². The summed E-state index contributed by atoms with van der Waals surface area (Å²) in [5, 5.41) is 3.39. The lowest BCUT2D eigenvalue weighted by molar-refractivity contribution is 0.0505. The maximum Gasteiger partial charge on any atom is 0.341 e. The Kier molecular flexibility index (Phi) is 5.04. The molecular formula is C18H21NO4S. The van der Waals surface area contributed by atoms with Crippen LogP contribution in [0.4, 0.5) is 5.00 Å². The molecule has 2 heterocycles. The predicted octanol–water partition coefficient (Wildman–Crippen LogP) is 4.29. The van der Waals surface area contributed by atoms with Gasteiger partial charge < -0.3 is 14.5 Å². The standard InChI is InChI=1S/C18H21NO4S/c1-3-8-23-18(21)15-12-7-6-11(2)10-14(12)24-17(15)19-16(20)13-5-4-9-22-13/h4-5,9,11H,3,6-8,10H2,1-2H3,(H,19,20)/t11-/m0/s1. The third kappa shape index (κ3) is 3.38. The first kappa shape index (κ1) is 16.8. The van der Waals surface area contributed by atoms with Gasteiger partial charge in [-0.15, -0.1) is 11.3 Å². The zero-order chi connectivity index (χ0) is 17.1. The first-order valence-corrected chi connectivity index (χ1v) is 9.08. The molecule has 3 rings (SSSR count). The molecule has 24 heavy (non-hydrogen) atoms. The second kappa shape index (κ2) is 7.21. The highest BCUT2D eigenvalue weighted by molar-refractivity contribution is 7.17. The molecule has 5 nitrogen and oxygen atoms in total. The van der Waals surface area contributed by atoms with Gasteiger partial charge in [-0.25, -0.2) is 4.79 Å². The minimum Gasteiger partial charge on any atom is -0.462 e. The first-order chi connectivity index (χ1) is 11.6. The molecule has 0 saturated heterocycles. The number of esters is 1. The van der Waals surface area contributed by atoms with E-state index in [0.29, 0.717) is 23.1 Å². The topological polar surface area (TPSA) is 68.5 Å². The maximum absolute atomic E-state index is 12.5. The summed E-state index contributed by atoms with van der Waals surface area (Å²) in [5.74, 6) is 0.113. The summed E-state index contributed by atoms with van der Waals surface area (Å²) in [6.07, 6.45) is 5.05. The number of carbonyl (C=O) groups is 2. The normalized spacial score (nSPS) is 16.5. The van der Waals surface area contributed by atoms with Crippen LogP contribution in [-0.4, -0.2) is 18.5 Å². The first-order valence-electron chi connectivity index (χ1n) is 8.26. The van der Waals surface area contributed by atoms with Crippen molar-refractivity contribution in [3.05, 3.63) is 40.2 Å². The van der Waals surface area contributed by atoms with Crippen molar-refractivity contribution in [3.63, 3.8) is 0 Å². The Balaban J connectivity index is 1.92. The third-order valence-electron chi connectivity index (χ3n) is 4.13. The Morgan fingerprint density at radius 1 is 1.46 bits per heavy atom. The lowest BCUT2D eigenvalue weighted by Gasteiger charge is -2.18. The van der Waals surface area contributed by atoms with Gasteiger partial charge in [0.2, 0.25) is 0 Å². The van der Waals surface area contributed by atoms with E-state index in [0.717, 1.165) is 31.2 Å². The average Bonchev–Trinajstić information content (AvgIpc) is 3.19. The van der Waals surface area contributed by atoms with E-state index in [1.54, 1.807) is 12.1 Å². The molecule has 0 fully saturated rings. The Hall–Kier alpha value is -2.08. The second-order valence-electron chi connectivity index (χ2n) is 6.12. The van der Waals surface area contributed by atoms with Gasteiger partial charge in [-0.3, -0.25) is 4.79 Å². The van der Waals surface area contributed by atoms with Gasteiger partial charge in [0.25, 0.3) is 5.91 Å². The van der Waals surface area contributed by atoms with Gasteiger partial charge in [-0.1, -0.05) is 13.8 Å². The van der Waals surface area contributed by atoms with E-state index in [1.165, 1.54) is 22.5 Å². The summed E-state index contributed by atoms with van der Waals surface area (Å²) in [4.78, 5) is 26.0. The van der Waals surface area contributed by atoms with Gasteiger partial charge in [-0.2, -0.15) is 0 Å². The second-order valence-corrected chi connectivity index (χ2v) is 7.23. The van der Waals surface area contributed by atoms with Crippen molar-refractivity contribution in [3.8, 4) is 0 Å². The van der Waals surface area contributed by atoms with E-state index in [4.69, 9.17) is 9.15 Å². The minimum absolute atomic E-state index is 0.225. The summed E-state index contributed by atoms with van der Waals surface area (Å²) in [7, 11) is 0. The molecule has 6 heteroatoms. The number of amides is 1. The van der Waals surface area contributed by atoms with E-state index < -0.39 is 0 Å². The summed E-state index contributed by atoms with van der Waals surface area (Å²) < 4.78 is 10.5. The van der Waals surface area contributed by atoms with Crippen LogP contribution < -0.4 is 5.32 Å². The van der Waals surface area contributed by atoms with E-state index in [-0.39, 0.29) is 17.6 Å². The van der Waals surface area contributed by atoms with Gasteiger partial charge in [0.1, 0.15) is 5.00 Å². The Labute approximate surface area is 145 Å². The van der Waals surface area contributed by atoms with Crippen molar-refractivity contribution in [2.75, 3.05) is 11.9 Å². The minimum atomic E-state index is -0.351. The molecule has 0 unspecified atom stereocenters. The van der Waals surface area contributed by atoms with Crippen molar-refractivity contribution in [1.29, 1.82) is 0 Å². The van der Waals surface area contributed by atoms with Crippen LogP contribution in [0.2, 0.25) is 0 Å². The molecule has 1 aliphatic rings. The summed E-state index contributed by atoms with van der Waals surface area (Å²) in [6, 6.07) is 3.26. The summed E-state index contributed by atoms with van der Waals surface area (Å²) in [5.41, 5.74) is 1.56. The number of thiophene rings is 1. The van der Waals surface area contributed by atoms with Crippen LogP contribution in [0.5, 0.6) is 0 Å². The Morgan fingerprint density at radius 2 is 2.29 bits per heavy atom. The predicted molar refractivity (Wildman–Crippen MR) is 92.7 cm³/mol. The lowest BCUT2D eigenvalue weighted by atomic mass is 9.88. The van der Waals surface area contributed by atoms with E-state index >= 15 is 0 Å². The van der Waals surface area contributed by atoms with Gasteiger partial charge in [0.05, 0.1) is 18.4 Å². The van der Waals surface area contributed by atoms with E-state index in [9.17, 15) is 9.59 Å². The van der Waals surface area contributed by atoms with Crippen molar-refractivity contribution >= 4 is 28.2 Å². The number of hydrogen-bond acceptors (Lipinski definition) is 5. The van der Waals surface area contributed by atoms with Gasteiger partial charge in [0.15, 0.2) is 5.76 Å². The van der Waals surface area contributed by atoms with Crippen LogP contribution >= 0.6 is 11.3 Å². The molecule has 2 aromatic heterocycles. The monoisotopic (exact) mass is 347 g/mol. The molecule has 1 atom stereocenters. The number of rotatable bonds is 5. The largest absolute Gasteiger partial charge is 0.462 e. The zero-order valence-corrected chi connectivity index (χ0v) is 14.7. The zero-order valence-electron chi connectivity index (χ0n) is 13.9. The fourth-order valence-corrected chi connectivity index (χ4v) is 4.29. The van der Waals surface area contributed by atoms with Crippen LogP contribution in [0.1, 0.15) is 58.0 Å². The quantitative estimate of drug-likeness (QED) is 0.820. The van der Waals surface area contributed by atoms with Crippen molar-refractivity contribution < 1.29 is 18.7 Å². The van der Waals surface area contributed by atoms with Crippen LogP contribution in [-0.2, 0) is 17.6 Å². The van der Waals surface area contributed by atoms with Crippen molar-refractivity contribution in [1.82, 2.24) is 0 Å². The van der Waals surface area contributed by atoms with Crippen LogP contribution in [0, 0.1) is 5.92 Å². The molecule has 0 radical (unpaired) electrons. The molecule has 1 N–H and O–H groups in total. The molecule has 0 saturated carbocycles. The highest BCUT2D eigenvalue weighted by atomic mass is 32.1. The molecule has 0 aliphatic heterocycles. The molecule has 0 bridgehead atoms. The van der Waals surface area contributed by atoms with Gasteiger partial charge in [-0.05, 0) is 49.3 Å². The number of anilines is 1. The summed E-state index contributed by atoms with van der Waals surface area (Å²) in [6.45, 7) is 4.54. The highest BCUT2D eigenvalue weighted by Gasteiger charge is 2.29. The Bertz CT molecular complexity index is 733. The fraction of sp³-hybridized carbons (Fsp3) is 0.444. The lowest BCUT2D eigenvalue weighted by Crippen LogP contribution is -2.16. The molecule has 2 aromatic rings.